The number of aliphatic hydroxyl groups is 1. The van der Waals surface area contributed by atoms with E-state index in [2.05, 4.69) is 130 Å². The molecule has 0 saturated heterocycles. The maximum Gasteiger partial charge on any atom is 0.472 e. The number of hydrogen-bond acceptors (Lipinski definition) is 10. The SMILES string of the molecule is CC/C=C\C/C=C\C/C=C\C/C=C\CCCCCCCCC(=O)OC(COC(=O)CCCCC/C=C\C/C=C\C/C=C\CC)COP(=O)(O)OCC(CO)OC(=O)CCCCCCC/C=C\C/C=C\CCCCC. The first-order chi connectivity index (χ1) is 36.2. The molecule has 3 atom stereocenters. The highest BCUT2D eigenvalue weighted by Gasteiger charge is 2.28. The standard InChI is InChI=1S/C62H103O11P/c1-4-7-10-13-16-19-22-25-27-28-29-30-32-35-38-41-44-47-50-53-62(66)73-59(55-69-60(64)51-48-45-42-39-36-33-24-21-18-15-12-9-6-3)57-71-74(67,68)70-56-58(54-63)72-61(65)52-49-46-43-40-37-34-31-26-23-20-17-14-11-8-5-2/h7,9-10,12,16-21,25-27,29-31,33,36,58-59,63H,4-6,8,11,13-15,22-24,28,32,34-35,37-57H2,1-3H3,(H,67,68)/b10-7-,12-9-,19-16-,20-17-,21-18-,27-25-,30-29-,31-26-,36-33-. The number of carbonyl (C=O) groups is 3. The van der Waals surface area contributed by atoms with E-state index < -0.39 is 57.8 Å². The lowest BCUT2D eigenvalue weighted by atomic mass is 10.1. The van der Waals surface area contributed by atoms with Crippen molar-refractivity contribution in [3.05, 3.63) is 109 Å². The van der Waals surface area contributed by atoms with Gasteiger partial charge in [0.2, 0.25) is 0 Å². The molecule has 0 aromatic heterocycles. The predicted molar refractivity (Wildman–Crippen MR) is 307 cm³/mol. The van der Waals surface area contributed by atoms with Gasteiger partial charge in [0.1, 0.15) is 12.7 Å². The molecule has 0 aliphatic heterocycles. The van der Waals surface area contributed by atoms with E-state index in [0.717, 1.165) is 148 Å². The number of phosphoric acid groups is 1. The maximum atomic E-state index is 12.9. The van der Waals surface area contributed by atoms with Crippen molar-refractivity contribution < 1.29 is 52.2 Å². The average Bonchev–Trinajstić information content (AvgIpc) is 3.39. The zero-order chi connectivity index (χ0) is 54.1. The van der Waals surface area contributed by atoms with Crippen molar-refractivity contribution in [3.8, 4) is 0 Å². The minimum absolute atomic E-state index is 0.138. The fourth-order valence-electron chi connectivity index (χ4n) is 7.33. The second kappa shape index (κ2) is 55.4. The van der Waals surface area contributed by atoms with Crippen LogP contribution in [0.4, 0.5) is 0 Å². The van der Waals surface area contributed by atoms with E-state index in [1.165, 1.54) is 19.3 Å². The summed E-state index contributed by atoms with van der Waals surface area (Å²) in [5.74, 6) is -1.54. The molecule has 0 saturated carbocycles. The van der Waals surface area contributed by atoms with Crippen molar-refractivity contribution in [2.24, 2.45) is 0 Å². The third kappa shape index (κ3) is 53.0. The van der Waals surface area contributed by atoms with Crippen LogP contribution in [0.3, 0.4) is 0 Å². The Morgan fingerprint density at radius 3 is 1.09 bits per heavy atom. The maximum absolute atomic E-state index is 12.9. The number of phosphoric ester groups is 1. The highest BCUT2D eigenvalue weighted by molar-refractivity contribution is 7.47. The Hall–Kier alpha value is -3.86. The van der Waals surface area contributed by atoms with Crippen LogP contribution in [0.5, 0.6) is 0 Å². The van der Waals surface area contributed by atoms with Gasteiger partial charge in [0.15, 0.2) is 6.10 Å². The van der Waals surface area contributed by atoms with Crippen molar-refractivity contribution in [1.29, 1.82) is 0 Å². The van der Waals surface area contributed by atoms with Gasteiger partial charge in [-0.2, -0.15) is 0 Å². The number of aliphatic hydroxyl groups excluding tert-OH is 1. The van der Waals surface area contributed by atoms with Gasteiger partial charge in [-0.3, -0.25) is 23.4 Å². The molecule has 12 heteroatoms. The Bertz CT molecular complexity index is 1660. The fourth-order valence-corrected chi connectivity index (χ4v) is 8.12. The lowest BCUT2D eigenvalue weighted by Gasteiger charge is -2.21. The number of unbranched alkanes of at least 4 members (excludes halogenated alkanes) is 17. The summed E-state index contributed by atoms with van der Waals surface area (Å²) in [5, 5.41) is 9.81. The molecular formula is C62H103O11P. The molecule has 11 nitrogen and oxygen atoms in total. The largest absolute Gasteiger partial charge is 0.472 e. The van der Waals surface area contributed by atoms with Crippen molar-refractivity contribution >= 4 is 25.7 Å². The van der Waals surface area contributed by atoms with Gasteiger partial charge in [-0.1, -0.05) is 194 Å². The van der Waals surface area contributed by atoms with Crippen molar-refractivity contribution in [3.63, 3.8) is 0 Å². The number of allylic oxidation sites excluding steroid dienone is 18. The van der Waals surface area contributed by atoms with Crippen LogP contribution >= 0.6 is 7.82 Å². The van der Waals surface area contributed by atoms with E-state index in [4.69, 9.17) is 23.3 Å². The Balaban J connectivity index is 4.79. The molecule has 422 valence electrons. The number of carbonyl (C=O) groups excluding carboxylic acids is 3. The zero-order valence-corrected chi connectivity index (χ0v) is 47.4. The minimum Gasteiger partial charge on any atom is -0.462 e. The highest BCUT2D eigenvalue weighted by atomic mass is 31.2. The fraction of sp³-hybridized carbons (Fsp3) is 0.661. The molecule has 0 fully saturated rings. The topological polar surface area (TPSA) is 155 Å². The predicted octanol–water partition coefficient (Wildman–Crippen LogP) is 17.0. The number of hydrogen-bond donors (Lipinski definition) is 2. The minimum atomic E-state index is -4.77. The van der Waals surface area contributed by atoms with E-state index >= 15 is 0 Å². The van der Waals surface area contributed by atoms with Crippen LogP contribution in [0, 0.1) is 0 Å². The first kappa shape index (κ1) is 70.1. The van der Waals surface area contributed by atoms with Gasteiger partial charge >= 0.3 is 25.7 Å². The molecule has 0 spiro atoms. The van der Waals surface area contributed by atoms with E-state index in [0.29, 0.717) is 19.3 Å². The molecule has 3 unspecified atom stereocenters. The molecule has 0 heterocycles. The molecular weight excluding hydrogens is 952 g/mol. The quantitative estimate of drug-likeness (QED) is 0.0197. The summed E-state index contributed by atoms with van der Waals surface area (Å²) < 4.78 is 39.5. The smallest absolute Gasteiger partial charge is 0.462 e. The number of rotatable bonds is 52. The molecule has 0 aliphatic carbocycles. The van der Waals surface area contributed by atoms with E-state index in [1.807, 2.05) is 0 Å². The van der Waals surface area contributed by atoms with Gasteiger partial charge in [-0.05, 0) is 122 Å². The molecule has 0 rings (SSSR count). The van der Waals surface area contributed by atoms with Crippen molar-refractivity contribution in [2.75, 3.05) is 26.4 Å². The molecule has 0 amide bonds. The van der Waals surface area contributed by atoms with Crippen LogP contribution in [0.2, 0.25) is 0 Å². The van der Waals surface area contributed by atoms with Gasteiger partial charge < -0.3 is 24.2 Å². The number of esters is 3. The molecule has 2 N–H and O–H groups in total. The van der Waals surface area contributed by atoms with Gasteiger partial charge in [0, 0.05) is 19.3 Å². The third-order valence-electron chi connectivity index (χ3n) is 11.7. The van der Waals surface area contributed by atoms with E-state index in [9.17, 15) is 28.9 Å². The summed E-state index contributed by atoms with van der Waals surface area (Å²) in [6.45, 7) is 4.31. The highest BCUT2D eigenvalue weighted by Crippen LogP contribution is 2.43. The number of ether oxygens (including phenoxy) is 3. The van der Waals surface area contributed by atoms with E-state index in [1.54, 1.807) is 0 Å². The Kier molecular flexibility index (Phi) is 52.5. The molecule has 0 bridgehead atoms. The first-order valence-electron chi connectivity index (χ1n) is 28.8. The van der Waals surface area contributed by atoms with Crippen LogP contribution in [0.1, 0.15) is 226 Å². The Morgan fingerprint density at radius 1 is 0.392 bits per heavy atom. The Labute approximate surface area is 450 Å². The normalized spacial score (nSPS) is 14.2. The Morgan fingerprint density at radius 2 is 0.703 bits per heavy atom. The van der Waals surface area contributed by atoms with Crippen LogP contribution in [-0.2, 0) is 42.2 Å². The monoisotopic (exact) mass is 1050 g/mol. The average molecular weight is 1060 g/mol. The second-order valence-electron chi connectivity index (χ2n) is 18.7. The van der Waals surface area contributed by atoms with Gasteiger partial charge in [0.05, 0.1) is 19.8 Å². The summed E-state index contributed by atoms with van der Waals surface area (Å²) in [6, 6.07) is 0. The molecule has 0 aliphatic rings. The zero-order valence-electron chi connectivity index (χ0n) is 46.5. The molecule has 74 heavy (non-hydrogen) atoms. The van der Waals surface area contributed by atoms with Crippen molar-refractivity contribution in [2.45, 2.75) is 238 Å². The summed E-state index contributed by atoms with van der Waals surface area (Å²) in [7, 11) is -4.77. The van der Waals surface area contributed by atoms with Gasteiger partial charge in [-0.15, -0.1) is 0 Å². The lowest BCUT2D eigenvalue weighted by Crippen LogP contribution is -2.30. The van der Waals surface area contributed by atoms with Crippen molar-refractivity contribution in [1.82, 2.24) is 0 Å². The van der Waals surface area contributed by atoms with Crippen LogP contribution in [0.25, 0.3) is 0 Å². The molecule has 0 aromatic rings. The summed E-state index contributed by atoms with van der Waals surface area (Å²) in [4.78, 5) is 48.5. The lowest BCUT2D eigenvalue weighted by molar-refractivity contribution is -0.161. The van der Waals surface area contributed by atoms with E-state index in [-0.39, 0.29) is 25.9 Å². The van der Waals surface area contributed by atoms with Crippen LogP contribution in [-0.4, -0.2) is 66.5 Å². The van der Waals surface area contributed by atoms with Crippen LogP contribution < -0.4 is 0 Å². The molecule has 0 radical (unpaired) electrons. The van der Waals surface area contributed by atoms with Crippen LogP contribution in [0.15, 0.2) is 109 Å². The third-order valence-corrected chi connectivity index (χ3v) is 12.6. The summed E-state index contributed by atoms with van der Waals surface area (Å²) in [6.07, 6.45) is 66.2. The van der Waals surface area contributed by atoms with Gasteiger partial charge in [-0.25, -0.2) is 4.57 Å². The second-order valence-corrected chi connectivity index (χ2v) is 20.1. The summed E-state index contributed by atoms with van der Waals surface area (Å²) in [5.41, 5.74) is 0. The molecule has 0 aromatic carbocycles. The first-order valence-corrected chi connectivity index (χ1v) is 30.3. The summed E-state index contributed by atoms with van der Waals surface area (Å²) >= 11 is 0. The van der Waals surface area contributed by atoms with Gasteiger partial charge in [0.25, 0.3) is 0 Å².